The van der Waals surface area contributed by atoms with E-state index < -0.39 is 0 Å². The van der Waals surface area contributed by atoms with E-state index in [1.807, 2.05) is 7.05 Å². The first kappa shape index (κ1) is 13.9. The van der Waals surface area contributed by atoms with Crippen LogP contribution in [0.2, 0.25) is 0 Å². The van der Waals surface area contributed by atoms with Gasteiger partial charge in [-0.25, -0.2) is 0 Å². The van der Waals surface area contributed by atoms with Crippen LogP contribution in [0.4, 0.5) is 0 Å². The zero-order valence-corrected chi connectivity index (χ0v) is 11.1. The van der Waals surface area contributed by atoms with E-state index in [2.05, 4.69) is 24.1 Å². The van der Waals surface area contributed by atoms with Crippen LogP contribution in [0, 0.1) is 5.92 Å². The minimum atomic E-state index is 0.249. The van der Waals surface area contributed by atoms with Crippen LogP contribution in [0.15, 0.2) is 0 Å². The van der Waals surface area contributed by atoms with Crippen molar-refractivity contribution in [3.05, 3.63) is 0 Å². The van der Waals surface area contributed by atoms with Gasteiger partial charge in [0.1, 0.15) is 0 Å². The molecule has 96 valence electrons. The number of rotatable bonds is 9. The minimum Gasteiger partial charge on any atom is -0.395 e. The van der Waals surface area contributed by atoms with Crippen LogP contribution >= 0.6 is 0 Å². The maximum absolute atomic E-state index is 9.13. The fraction of sp³-hybridized carbons (Fsp3) is 1.00. The monoisotopic (exact) mass is 228 g/mol. The fourth-order valence-corrected chi connectivity index (χ4v) is 1.99. The smallest absolute Gasteiger partial charge is 0.0585 e. The predicted octanol–water partition coefficient (Wildman–Crippen LogP) is 1.47. The Kier molecular flexibility index (Phi) is 6.32. The van der Waals surface area contributed by atoms with Gasteiger partial charge in [0, 0.05) is 12.1 Å². The zero-order valence-electron chi connectivity index (χ0n) is 11.1. The molecule has 1 aliphatic rings. The molecule has 2 N–H and O–H groups in total. The second-order valence-corrected chi connectivity index (χ2v) is 5.41. The molecule has 1 unspecified atom stereocenters. The Morgan fingerprint density at radius 3 is 2.31 bits per heavy atom. The van der Waals surface area contributed by atoms with E-state index >= 15 is 0 Å². The number of hydrogen-bond acceptors (Lipinski definition) is 3. The van der Waals surface area contributed by atoms with Gasteiger partial charge in [0.2, 0.25) is 0 Å². The number of nitrogens with zero attached hydrogens (tertiary/aromatic N) is 1. The zero-order chi connectivity index (χ0) is 12.0. The maximum atomic E-state index is 9.13. The van der Waals surface area contributed by atoms with Gasteiger partial charge in [0.25, 0.3) is 0 Å². The highest BCUT2D eigenvalue weighted by molar-refractivity contribution is 4.85. The summed E-state index contributed by atoms with van der Waals surface area (Å²) < 4.78 is 0. The van der Waals surface area contributed by atoms with Crippen molar-refractivity contribution in [2.45, 2.75) is 51.6 Å². The van der Waals surface area contributed by atoms with Crippen LogP contribution in [0.3, 0.4) is 0 Å². The molecule has 3 nitrogen and oxygen atoms in total. The lowest BCUT2D eigenvalue weighted by molar-refractivity contribution is 0.200. The highest BCUT2D eigenvalue weighted by Crippen LogP contribution is 2.27. The normalized spacial score (nSPS) is 18.4. The summed E-state index contributed by atoms with van der Waals surface area (Å²) in [6.07, 6.45) is 5.10. The van der Waals surface area contributed by atoms with Gasteiger partial charge in [-0.2, -0.15) is 0 Å². The third-order valence-corrected chi connectivity index (χ3v) is 3.45. The Labute approximate surface area is 100 Å². The molecule has 1 atom stereocenters. The highest BCUT2D eigenvalue weighted by atomic mass is 16.3. The topological polar surface area (TPSA) is 35.5 Å². The first-order valence-corrected chi connectivity index (χ1v) is 6.69. The lowest BCUT2D eigenvalue weighted by Crippen LogP contribution is -2.36. The third-order valence-electron chi connectivity index (χ3n) is 3.45. The molecule has 0 aromatic rings. The SMILES string of the molecule is CNC(CO)CCN(CCC(C)C)C1CC1. The van der Waals surface area contributed by atoms with Crippen molar-refractivity contribution in [3.63, 3.8) is 0 Å². The maximum Gasteiger partial charge on any atom is 0.0585 e. The number of aliphatic hydroxyl groups is 1. The second kappa shape index (κ2) is 7.25. The molecule has 16 heavy (non-hydrogen) atoms. The van der Waals surface area contributed by atoms with Crippen LogP contribution in [0.25, 0.3) is 0 Å². The molecular formula is C13H28N2O. The van der Waals surface area contributed by atoms with Gasteiger partial charge in [-0.15, -0.1) is 0 Å². The third kappa shape index (κ3) is 5.28. The summed E-state index contributed by atoms with van der Waals surface area (Å²) in [5, 5.41) is 12.3. The summed E-state index contributed by atoms with van der Waals surface area (Å²) in [7, 11) is 1.93. The quantitative estimate of drug-likeness (QED) is 0.627. The van der Waals surface area contributed by atoms with Crippen LogP contribution in [0.5, 0.6) is 0 Å². The van der Waals surface area contributed by atoms with Crippen molar-refractivity contribution in [3.8, 4) is 0 Å². The number of hydrogen-bond donors (Lipinski definition) is 2. The average Bonchev–Trinajstić information content (AvgIpc) is 3.07. The molecule has 0 amide bonds. The van der Waals surface area contributed by atoms with E-state index in [4.69, 9.17) is 5.11 Å². The molecule has 0 heterocycles. The Hall–Kier alpha value is -0.120. The number of aliphatic hydroxyl groups excluding tert-OH is 1. The first-order valence-electron chi connectivity index (χ1n) is 6.69. The largest absolute Gasteiger partial charge is 0.395 e. The number of nitrogens with one attached hydrogen (secondary N) is 1. The van der Waals surface area contributed by atoms with Crippen LogP contribution in [-0.4, -0.2) is 48.8 Å². The van der Waals surface area contributed by atoms with Gasteiger partial charge in [0.05, 0.1) is 6.61 Å². The van der Waals surface area contributed by atoms with E-state index in [-0.39, 0.29) is 12.6 Å². The fourth-order valence-electron chi connectivity index (χ4n) is 1.99. The molecule has 0 aliphatic heterocycles. The van der Waals surface area contributed by atoms with Gasteiger partial charge >= 0.3 is 0 Å². The average molecular weight is 228 g/mol. The Bertz CT molecular complexity index is 177. The molecule has 0 bridgehead atoms. The first-order chi connectivity index (χ1) is 7.67. The van der Waals surface area contributed by atoms with Gasteiger partial charge in [-0.05, 0) is 51.7 Å². The van der Waals surface area contributed by atoms with E-state index in [1.165, 1.54) is 25.8 Å². The molecule has 1 aliphatic carbocycles. The summed E-state index contributed by atoms with van der Waals surface area (Å²) in [6.45, 7) is 7.18. The molecule has 0 saturated heterocycles. The summed E-state index contributed by atoms with van der Waals surface area (Å²) in [4.78, 5) is 2.61. The van der Waals surface area contributed by atoms with E-state index in [0.29, 0.717) is 0 Å². The molecule has 3 heteroatoms. The summed E-state index contributed by atoms with van der Waals surface area (Å²) in [5.41, 5.74) is 0. The van der Waals surface area contributed by atoms with E-state index in [0.717, 1.165) is 24.9 Å². The molecule has 0 radical (unpaired) electrons. The molecular weight excluding hydrogens is 200 g/mol. The summed E-state index contributed by atoms with van der Waals surface area (Å²) in [5.74, 6) is 0.791. The van der Waals surface area contributed by atoms with Crippen LogP contribution in [0.1, 0.15) is 39.5 Å². The van der Waals surface area contributed by atoms with Crippen molar-refractivity contribution in [2.24, 2.45) is 5.92 Å². The molecule has 1 saturated carbocycles. The van der Waals surface area contributed by atoms with Gasteiger partial charge < -0.3 is 15.3 Å². The van der Waals surface area contributed by atoms with E-state index in [1.54, 1.807) is 0 Å². The van der Waals surface area contributed by atoms with Crippen molar-refractivity contribution >= 4 is 0 Å². The molecule has 1 rings (SSSR count). The number of likely N-dealkylation sites (N-methyl/N-ethyl adjacent to an activating group) is 1. The van der Waals surface area contributed by atoms with Crippen LogP contribution in [-0.2, 0) is 0 Å². The minimum absolute atomic E-state index is 0.249. The molecule has 0 spiro atoms. The van der Waals surface area contributed by atoms with Gasteiger partial charge in [0.15, 0.2) is 0 Å². The Balaban J connectivity index is 2.22. The van der Waals surface area contributed by atoms with E-state index in [9.17, 15) is 0 Å². The Morgan fingerprint density at radius 2 is 1.88 bits per heavy atom. The predicted molar refractivity (Wildman–Crippen MR) is 68.6 cm³/mol. The molecule has 1 fully saturated rings. The standard InChI is InChI=1S/C13H28N2O/c1-11(2)6-8-15(13-4-5-13)9-7-12(10-16)14-3/h11-14,16H,4-10H2,1-3H3. The van der Waals surface area contributed by atoms with Gasteiger partial charge in [-0.3, -0.25) is 0 Å². The molecule has 0 aromatic carbocycles. The van der Waals surface area contributed by atoms with Crippen molar-refractivity contribution in [1.29, 1.82) is 0 Å². The Morgan fingerprint density at radius 1 is 1.25 bits per heavy atom. The highest BCUT2D eigenvalue weighted by Gasteiger charge is 2.28. The summed E-state index contributed by atoms with van der Waals surface area (Å²) in [6, 6.07) is 1.11. The van der Waals surface area contributed by atoms with Crippen molar-refractivity contribution in [1.82, 2.24) is 10.2 Å². The van der Waals surface area contributed by atoms with Gasteiger partial charge in [-0.1, -0.05) is 13.8 Å². The summed E-state index contributed by atoms with van der Waals surface area (Å²) >= 11 is 0. The van der Waals surface area contributed by atoms with Crippen LogP contribution < -0.4 is 5.32 Å². The van der Waals surface area contributed by atoms with Crippen molar-refractivity contribution in [2.75, 3.05) is 26.7 Å². The lowest BCUT2D eigenvalue weighted by Gasteiger charge is -2.25. The lowest BCUT2D eigenvalue weighted by atomic mass is 10.1. The van der Waals surface area contributed by atoms with Crippen molar-refractivity contribution < 1.29 is 5.11 Å². The second-order valence-electron chi connectivity index (χ2n) is 5.41. The molecule has 0 aromatic heterocycles.